The fourth-order valence-electron chi connectivity index (χ4n) is 4.81. The van der Waals surface area contributed by atoms with E-state index >= 15 is 0 Å². The standard InChI is InChI=1S/C29H34N4O7.2Na.2H/c1-17-7-9-23(21-11-19(3)25(37-5)30-13-21)32(15-17)27(34)39-29(36)40-28(35)33-16-18(2)8-10-24(33)22-12-20(4)26(38-6)31-14-22;;;;/h9-14,17-18H,7-8,15-16H2,1-6H3;;;;/t17-,18-;;;;/m0..../s1. The quantitative estimate of drug-likeness (QED) is 0.289. The third kappa shape index (κ3) is 8.36. The summed E-state index contributed by atoms with van der Waals surface area (Å²) >= 11 is 0. The SMILES string of the molecule is COc1ncc(C2=CC[C@H](C)CN2C(=O)OC(=O)OC(=O)N2C[C@@H](C)CC=C2c2cnc(OC)c(C)c2)cc1C.[NaH].[NaH]. The van der Waals surface area contributed by atoms with E-state index in [0.717, 1.165) is 24.0 Å². The first-order valence-corrected chi connectivity index (χ1v) is 13.1. The van der Waals surface area contributed by atoms with Gasteiger partial charge in [-0.3, -0.25) is 9.80 Å². The Hall–Kier alpha value is -2.41. The second kappa shape index (κ2) is 15.9. The molecule has 2 aliphatic heterocycles. The van der Waals surface area contributed by atoms with Crippen LogP contribution in [0.5, 0.6) is 11.8 Å². The molecule has 11 nitrogen and oxygen atoms in total. The number of aromatic nitrogens is 2. The van der Waals surface area contributed by atoms with Crippen molar-refractivity contribution in [1.29, 1.82) is 0 Å². The van der Waals surface area contributed by atoms with Crippen LogP contribution in [0.1, 0.15) is 48.9 Å². The molecule has 0 spiro atoms. The second-order valence-corrected chi connectivity index (χ2v) is 10.2. The van der Waals surface area contributed by atoms with E-state index in [-0.39, 0.29) is 71.0 Å². The van der Waals surface area contributed by atoms with Gasteiger partial charge in [0, 0.05) is 47.7 Å². The number of ether oxygens (including phenoxy) is 4. The average molecular weight is 599 g/mol. The first-order valence-electron chi connectivity index (χ1n) is 13.1. The molecule has 0 aliphatic carbocycles. The maximum absolute atomic E-state index is 13.1. The Bertz CT molecular complexity index is 1280. The van der Waals surface area contributed by atoms with E-state index in [2.05, 4.69) is 9.97 Å². The number of pyridine rings is 2. The molecule has 0 saturated carbocycles. The van der Waals surface area contributed by atoms with Crippen molar-refractivity contribution in [2.75, 3.05) is 27.3 Å². The van der Waals surface area contributed by atoms with Crippen LogP contribution in [0.25, 0.3) is 11.4 Å². The molecule has 2 atom stereocenters. The average Bonchev–Trinajstić information content (AvgIpc) is 2.92. The van der Waals surface area contributed by atoms with Crippen LogP contribution in [-0.2, 0) is 9.47 Å². The van der Waals surface area contributed by atoms with Gasteiger partial charge in [-0.2, -0.15) is 0 Å². The van der Waals surface area contributed by atoms with E-state index in [1.807, 2.05) is 52.0 Å². The van der Waals surface area contributed by atoms with E-state index in [4.69, 9.17) is 18.9 Å². The Balaban J connectivity index is 0.00000308. The third-order valence-corrected chi connectivity index (χ3v) is 6.82. The fourth-order valence-corrected chi connectivity index (χ4v) is 4.81. The number of allylic oxidation sites excluding steroid dienone is 2. The van der Waals surface area contributed by atoms with Crippen molar-refractivity contribution in [3.8, 4) is 11.8 Å². The fraction of sp³-hybridized carbons (Fsp3) is 0.414. The molecule has 2 amide bonds. The van der Waals surface area contributed by atoms with Crippen molar-refractivity contribution in [2.24, 2.45) is 11.8 Å². The van der Waals surface area contributed by atoms with Crippen LogP contribution < -0.4 is 9.47 Å². The summed E-state index contributed by atoms with van der Waals surface area (Å²) in [7, 11) is 3.07. The van der Waals surface area contributed by atoms with E-state index in [9.17, 15) is 14.4 Å². The van der Waals surface area contributed by atoms with Gasteiger partial charge in [0.1, 0.15) is 0 Å². The van der Waals surface area contributed by atoms with Gasteiger partial charge in [0.15, 0.2) is 0 Å². The Kier molecular flexibility index (Phi) is 13.5. The Morgan fingerprint density at radius 1 is 0.738 bits per heavy atom. The van der Waals surface area contributed by atoms with Gasteiger partial charge in [-0.25, -0.2) is 24.4 Å². The molecule has 13 heteroatoms. The molecule has 2 aliphatic rings. The summed E-state index contributed by atoms with van der Waals surface area (Å²) < 4.78 is 20.4. The van der Waals surface area contributed by atoms with Crippen LogP contribution in [0.2, 0.25) is 0 Å². The summed E-state index contributed by atoms with van der Waals surface area (Å²) in [6.07, 6.45) is 5.15. The van der Waals surface area contributed by atoms with Crippen LogP contribution in [0, 0.1) is 25.7 Å². The van der Waals surface area contributed by atoms with E-state index < -0.39 is 18.3 Å². The monoisotopic (exact) mass is 598 g/mol. The van der Waals surface area contributed by atoms with Gasteiger partial charge in [-0.15, -0.1) is 0 Å². The molecule has 0 bridgehead atoms. The summed E-state index contributed by atoms with van der Waals surface area (Å²) in [5, 5.41) is 0. The number of carbonyl (C=O) groups excluding carboxylic acids is 3. The van der Waals surface area contributed by atoms with Crippen molar-refractivity contribution in [3.63, 3.8) is 0 Å². The van der Waals surface area contributed by atoms with Gasteiger partial charge >= 0.3 is 77.5 Å². The number of nitrogens with zero attached hydrogens (tertiary/aromatic N) is 4. The third-order valence-electron chi connectivity index (χ3n) is 6.82. The number of rotatable bonds is 4. The van der Waals surface area contributed by atoms with Crippen LogP contribution in [-0.4, -0.2) is 125 Å². The van der Waals surface area contributed by atoms with Crippen LogP contribution in [0.3, 0.4) is 0 Å². The zero-order valence-corrected chi connectivity index (χ0v) is 23.6. The topological polar surface area (TPSA) is 120 Å². The zero-order chi connectivity index (χ0) is 29.0. The Labute approximate surface area is 290 Å². The molecule has 0 aromatic carbocycles. The Morgan fingerprint density at radius 2 is 1.12 bits per heavy atom. The summed E-state index contributed by atoms with van der Waals surface area (Å²) in [5.41, 5.74) is 4.04. The first kappa shape index (κ1) is 35.8. The molecule has 0 radical (unpaired) electrons. The molecule has 2 aromatic heterocycles. The summed E-state index contributed by atoms with van der Waals surface area (Å²) in [6, 6.07) is 3.69. The normalized spacial score (nSPS) is 18.0. The van der Waals surface area contributed by atoms with Crippen LogP contribution in [0.15, 0.2) is 36.7 Å². The predicted octanol–water partition coefficient (Wildman–Crippen LogP) is 4.27. The predicted molar refractivity (Wildman–Crippen MR) is 161 cm³/mol. The number of carbonyl (C=O) groups is 3. The minimum atomic E-state index is -1.40. The maximum atomic E-state index is 13.1. The van der Waals surface area contributed by atoms with E-state index in [1.165, 1.54) is 24.0 Å². The van der Waals surface area contributed by atoms with Crippen molar-refractivity contribution < 1.29 is 33.3 Å². The van der Waals surface area contributed by atoms with Crippen LogP contribution in [0.4, 0.5) is 14.4 Å². The molecular formula is C29H36N4Na2O7. The van der Waals surface area contributed by atoms with Gasteiger partial charge in [-0.1, -0.05) is 26.0 Å². The number of hydrogen-bond acceptors (Lipinski definition) is 9. The van der Waals surface area contributed by atoms with Gasteiger partial charge in [0.05, 0.1) is 25.6 Å². The number of amides is 2. The molecule has 4 heterocycles. The molecule has 0 saturated heterocycles. The van der Waals surface area contributed by atoms with Crippen molar-refractivity contribution in [3.05, 3.63) is 58.9 Å². The first-order chi connectivity index (χ1) is 19.1. The molecular weight excluding hydrogens is 562 g/mol. The van der Waals surface area contributed by atoms with Crippen molar-refractivity contribution in [2.45, 2.75) is 40.5 Å². The molecule has 2 aromatic rings. The summed E-state index contributed by atoms with van der Waals surface area (Å²) in [4.78, 5) is 50.1. The number of aryl methyl sites for hydroxylation is 2. The molecule has 216 valence electrons. The molecule has 0 unspecified atom stereocenters. The second-order valence-electron chi connectivity index (χ2n) is 10.2. The van der Waals surface area contributed by atoms with Gasteiger partial charge in [0.2, 0.25) is 11.8 Å². The van der Waals surface area contributed by atoms with Gasteiger partial charge in [-0.05, 0) is 50.7 Å². The van der Waals surface area contributed by atoms with Crippen LogP contribution >= 0.6 is 0 Å². The molecule has 4 rings (SSSR count). The van der Waals surface area contributed by atoms with Gasteiger partial charge < -0.3 is 18.9 Å². The zero-order valence-electron chi connectivity index (χ0n) is 23.6. The number of methoxy groups -OCH3 is 2. The van der Waals surface area contributed by atoms with E-state index in [1.54, 1.807) is 12.4 Å². The summed E-state index contributed by atoms with van der Waals surface area (Å²) in [5.74, 6) is 1.22. The minimum absolute atomic E-state index is 0. The van der Waals surface area contributed by atoms with E-state index in [0.29, 0.717) is 47.4 Å². The molecule has 0 fully saturated rings. The Morgan fingerprint density at radius 3 is 1.45 bits per heavy atom. The molecule has 0 N–H and O–H groups in total. The van der Waals surface area contributed by atoms with Crippen molar-refractivity contribution in [1.82, 2.24) is 19.8 Å². The van der Waals surface area contributed by atoms with Gasteiger partial charge in [0.25, 0.3) is 0 Å². The van der Waals surface area contributed by atoms with Crippen molar-refractivity contribution >= 4 is 88.9 Å². The summed E-state index contributed by atoms with van der Waals surface area (Å²) in [6.45, 7) is 8.29. The molecule has 42 heavy (non-hydrogen) atoms. The number of hydrogen-bond donors (Lipinski definition) is 0.